The van der Waals surface area contributed by atoms with Crippen LogP contribution in [0.3, 0.4) is 0 Å². The molecular weight excluding hydrogens is 274 g/mol. The molecule has 3 heteroatoms. The maximum Gasteiger partial charge on any atom is 0.227 e. The van der Waals surface area contributed by atoms with Crippen LogP contribution in [0.15, 0.2) is 48.5 Å². The molecule has 1 N–H and O–H groups in total. The van der Waals surface area contributed by atoms with Gasteiger partial charge in [0.25, 0.3) is 0 Å². The third-order valence-electron chi connectivity index (χ3n) is 4.26. The third kappa shape index (κ3) is 3.04. The fourth-order valence-corrected chi connectivity index (χ4v) is 2.94. The van der Waals surface area contributed by atoms with Crippen molar-refractivity contribution in [3.05, 3.63) is 65.2 Å². The normalized spacial score (nSPS) is 17.2. The molecule has 0 spiro atoms. The smallest absolute Gasteiger partial charge is 0.227 e. The Hall–Kier alpha value is -2.13. The number of rotatable bonds is 3. The van der Waals surface area contributed by atoms with Gasteiger partial charge in [-0.1, -0.05) is 48.0 Å². The van der Waals surface area contributed by atoms with E-state index in [1.165, 1.54) is 11.1 Å². The number of aryl methyl sites for hydroxylation is 2. The van der Waals surface area contributed by atoms with Crippen molar-refractivity contribution in [1.82, 2.24) is 0 Å². The topological polar surface area (TPSA) is 40.5 Å². The van der Waals surface area contributed by atoms with Crippen LogP contribution in [0.5, 0.6) is 0 Å². The molecule has 2 aromatic carbocycles. The molecule has 3 nitrogen and oxygen atoms in total. The van der Waals surface area contributed by atoms with E-state index in [1.54, 1.807) is 0 Å². The molecule has 0 saturated heterocycles. The van der Waals surface area contributed by atoms with Crippen LogP contribution in [0, 0.1) is 6.92 Å². The molecule has 0 aromatic heterocycles. The van der Waals surface area contributed by atoms with Gasteiger partial charge in [0.1, 0.15) is 0 Å². The Kier molecular flexibility index (Phi) is 4.25. The average molecular weight is 295 g/mol. The summed E-state index contributed by atoms with van der Waals surface area (Å²) in [5.41, 5.74) is 4.13. The number of aliphatic hydroxyl groups is 1. The minimum atomic E-state index is -0.461. The van der Waals surface area contributed by atoms with Gasteiger partial charge < -0.3 is 10.0 Å². The predicted octanol–water partition coefficient (Wildman–Crippen LogP) is 3.40. The van der Waals surface area contributed by atoms with E-state index >= 15 is 0 Å². The summed E-state index contributed by atoms with van der Waals surface area (Å²) in [5, 5.41) is 10.1. The minimum absolute atomic E-state index is 0.125. The quantitative estimate of drug-likeness (QED) is 0.943. The van der Waals surface area contributed by atoms with Crippen LogP contribution in [-0.4, -0.2) is 17.6 Å². The number of hydrogen-bond donors (Lipinski definition) is 1. The minimum Gasteiger partial charge on any atom is -0.388 e. The molecule has 1 aliphatic heterocycles. The number of benzene rings is 2. The highest BCUT2D eigenvalue weighted by Gasteiger charge is 2.26. The van der Waals surface area contributed by atoms with Gasteiger partial charge in [-0.05, 0) is 31.4 Å². The van der Waals surface area contributed by atoms with E-state index in [2.05, 4.69) is 31.2 Å². The molecule has 1 unspecified atom stereocenters. The molecule has 0 aliphatic carbocycles. The first kappa shape index (κ1) is 14.8. The number of carbonyl (C=O) groups is 1. The molecule has 3 rings (SSSR count). The van der Waals surface area contributed by atoms with Crippen LogP contribution in [-0.2, 0) is 11.2 Å². The Morgan fingerprint density at radius 3 is 2.68 bits per heavy atom. The van der Waals surface area contributed by atoms with E-state index in [0.29, 0.717) is 19.4 Å². The predicted molar refractivity (Wildman–Crippen MR) is 87.9 cm³/mol. The van der Waals surface area contributed by atoms with Crippen molar-refractivity contribution in [2.75, 3.05) is 11.4 Å². The first-order valence-corrected chi connectivity index (χ1v) is 7.78. The molecule has 1 atom stereocenters. The summed E-state index contributed by atoms with van der Waals surface area (Å²) in [4.78, 5) is 14.4. The van der Waals surface area contributed by atoms with Crippen LogP contribution < -0.4 is 4.90 Å². The second-order valence-electron chi connectivity index (χ2n) is 5.89. The first-order valence-electron chi connectivity index (χ1n) is 7.78. The monoisotopic (exact) mass is 295 g/mol. The molecule has 114 valence electrons. The van der Waals surface area contributed by atoms with Crippen molar-refractivity contribution in [2.24, 2.45) is 0 Å². The summed E-state index contributed by atoms with van der Waals surface area (Å²) in [6.07, 6.45) is 1.39. The molecule has 0 bridgehead atoms. The van der Waals surface area contributed by atoms with Gasteiger partial charge in [0.15, 0.2) is 0 Å². The van der Waals surface area contributed by atoms with Crippen molar-refractivity contribution >= 4 is 11.6 Å². The molecule has 1 aliphatic rings. The molecule has 0 radical (unpaired) electrons. The standard InChI is InChI=1S/C19H21NO2/c1-14-6-8-15(9-7-14)10-11-19(22)20-13-12-18(21)16-4-2-3-5-17(16)20/h2-9,18,21H,10-13H2,1H3. The zero-order valence-electron chi connectivity index (χ0n) is 12.8. The first-order chi connectivity index (χ1) is 10.6. The van der Waals surface area contributed by atoms with E-state index < -0.39 is 6.10 Å². The van der Waals surface area contributed by atoms with Crippen LogP contribution >= 0.6 is 0 Å². The zero-order chi connectivity index (χ0) is 15.5. The van der Waals surface area contributed by atoms with Gasteiger partial charge >= 0.3 is 0 Å². The number of amides is 1. The van der Waals surface area contributed by atoms with Crippen molar-refractivity contribution < 1.29 is 9.90 Å². The van der Waals surface area contributed by atoms with Gasteiger partial charge in [0.05, 0.1) is 6.10 Å². The van der Waals surface area contributed by atoms with Crippen LogP contribution in [0.25, 0.3) is 0 Å². The Balaban J connectivity index is 1.70. The Labute approximate surface area is 131 Å². The Morgan fingerprint density at radius 2 is 1.91 bits per heavy atom. The lowest BCUT2D eigenvalue weighted by molar-refractivity contribution is -0.118. The summed E-state index contributed by atoms with van der Waals surface area (Å²) in [7, 11) is 0. The number of para-hydroxylation sites is 1. The number of hydrogen-bond acceptors (Lipinski definition) is 2. The lowest BCUT2D eigenvalue weighted by Gasteiger charge is -2.32. The van der Waals surface area contributed by atoms with Crippen LogP contribution in [0.2, 0.25) is 0 Å². The third-order valence-corrected chi connectivity index (χ3v) is 4.26. The van der Waals surface area contributed by atoms with E-state index in [1.807, 2.05) is 29.2 Å². The Morgan fingerprint density at radius 1 is 1.18 bits per heavy atom. The van der Waals surface area contributed by atoms with Gasteiger partial charge in [0.2, 0.25) is 5.91 Å². The SMILES string of the molecule is Cc1ccc(CCC(=O)N2CCC(O)c3ccccc32)cc1. The summed E-state index contributed by atoms with van der Waals surface area (Å²) < 4.78 is 0. The van der Waals surface area contributed by atoms with Gasteiger partial charge in [-0.3, -0.25) is 4.79 Å². The highest BCUT2D eigenvalue weighted by Crippen LogP contribution is 2.33. The van der Waals surface area contributed by atoms with Crippen LogP contribution in [0.1, 0.15) is 35.6 Å². The maximum absolute atomic E-state index is 12.6. The van der Waals surface area contributed by atoms with E-state index in [0.717, 1.165) is 17.7 Å². The van der Waals surface area contributed by atoms with Crippen molar-refractivity contribution in [1.29, 1.82) is 0 Å². The molecule has 22 heavy (non-hydrogen) atoms. The van der Waals surface area contributed by atoms with E-state index in [-0.39, 0.29) is 5.91 Å². The summed E-state index contributed by atoms with van der Waals surface area (Å²) in [6, 6.07) is 16.0. The van der Waals surface area contributed by atoms with Gasteiger partial charge in [-0.25, -0.2) is 0 Å². The molecule has 0 fully saturated rings. The Bertz CT molecular complexity index is 663. The fourth-order valence-electron chi connectivity index (χ4n) is 2.94. The highest BCUT2D eigenvalue weighted by molar-refractivity contribution is 5.94. The van der Waals surface area contributed by atoms with Gasteiger partial charge in [-0.15, -0.1) is 0 Å². The second-order valence-corrected chi connectivity index (χ2v) is 5.89. The van der Waals surface area contributed by atoms with Crippen molar-refractivity contribution in [2.45, 2.75) is 32.3 Å². The summed E-state index contributed by atoms with van der Waals surface area (Å²) in [6.45, 7) is 2.65. The summed E-state index contributed by atoms with van der Waals surface area (Å²) in [5.74, 6) is 0.125. The number of anilines is 1. The zero-order valence-corrected chi connectivity index (χ0v) is 12.8. The molecule has 0 saturated carbocycles. The molecule has 2 aromatic rings. The van der Waals surface area contributed by atoms with Crippen molar-refractivity contribution in [3.63, 3.8) is 0 Å². The van der Waals surface area contributed by atoms with Gasteiger partial charge in [-0.2, -0.15) is 0 Å². The van der Waals surface area contributed by atoms with E-state index in [9.17, 15) is 9.90 Å². The number of aliphatic hydroxyl groups excluding tert-OH is 1. The summed E-state index contributed by atoms with van der Waals surface area (Å²) >= 11 is 0. The number of fused-ring (bicyclic) bond motifs is 1. The molecule has 1 heterocycles. The van der Waals surface area contributed by atoms with Crippen LogP contribution in [0.4, 0.5) is 5.69 Å². The number of nitrogens with zero attached hydrogens (tertiary/aromatic N) is 1. The van der Waals surface area contributed by atoms with Crippen molar-refractivity contribution in [3.8, 4) is 0 Å². The lowest BCUT2D eigenvalue weighted by atomic mass is 9.98. The second kappa shape index (κ2) is 6.32. The van der Waals surface area contributed by atoms with Gasteiger partial charge in [0, 0.05) is 24.2 Å². The molecular formula is C19H21NO2. The maximum atomic E-state index is 12.6. The molecule has 1 amide bonds. The highest BCUT2D eigenvalue weighted by atomic mass is 16.3. The number of carbonyl (C=O) groups excluding carboxylic acids is 1. The lowest BCUT2D eigenvalue weighted by Crippen LogP contribution is -2.36. The average Bonchev–Trinajstić information content (AvgIpc) is 2.55. The van der Waals surface area contributed by atoms with E-state index in [4.69, 9.17) is 0 Å². The largest absolute Gasteiger partial charge is 0.388 e. The fraction of sp³-hybridized carbons (Fsp3) is 0.316.